The van der Waals surface area contributed by atoms with Crippen molar-refractivity contribution in [2.45, 2.75) is 45.6 Å². The molecular formula is C28H31N5O5. The second-order valence-electron chi connectivity index (χ2n) is 10.8. The van der Waals surface area contributed by atoms with Gasteiger partial charge in [-0.25, -0.2) is 4.79 Å². The first-order chi connectivity index (χ1) is 18.0. The molecule has 4 N–H and O–H groups in total. The van der Waals surface area contributed by atoms with Gasteiger partial charge in [0.25, 0.3) is 0 Å². The number of H-pyrrole nitrogens is 1. The molecule has 4 aromatic rings. The third kappa shape index (κ3) is 5.08. The Morgan fingerprint density at radius 3 is 2.63 bits per heavy atom. The largest absolute Gasteiger partial charge is 0.508 e. The Balaban J connectivity index is 1.31. The molecule has 0 unspecified atom stereocenters. The van der Waals surface area contributed by atoms with Crippen LogP contribution in [0.3, 0.4) is 0 Å². The van der Waals surface area contributed by atoms with Crippen LogP contribution in [0.15, 0.2) is 45.0 Å². The molecule has 2 amide bonds. The molecule has 5 rings (SSSR count). The third-order valence-electron chi connectivity index (χ3n) is 6.39. The number of hydrogen-bond donors (Lipinski definition) is 4. The molecule has 0 spiro atoms. The number of fused-ring (bicyclic) bond motifs is 2. The highest BCUT2D eigenvalue weighted by Crippen LogP contribution is 2.31. The van der Waals surface area contributed by atoms with Gasteiger partial charge in [-0.1, -0.05) is 25.9 Å². The van der Waals surface area contributed by atoms with Crippen molar-refractivity contribution in [1.82, 2.24) is 20.4 Å². The van der Waals surface area contributed by atoms with Crippen LogP contribution in [0, 0.1) is 0 Å². The number of aryl methyl sites for hydroxylation is 1. The first-order valence-corrected chi connectivity index (χ1v) is 12.4. The van der Waals surface area contributed by atoms with E-state index in [0.717, 1.165) is 22.0 Å². The Hall–Kier alpha value is -4.31. The van der Waals surface area contributed by atoms with Gasteiger partial charge in [0, 0.05) is 52.2 Å². The van der Waals surface area contributed by atoms with Crippen molar-refractivity contribution in [2.24, 2.45) is 0 Å². The predicted octanol–water partition coefficient (Wildman–Crippen LogP) is 5.15. The fourth-order valence-corrected chi connectivity index (χ4v) is 4.45. The standard InChI is InChI=1S/C28H31N5O5/c1-28(2,3)24-13-25(32-38-24)31-27(36)29-16-6-9-22-15(10-16)11-23(37-22)26(35)20-12-17-18(14-33(4)5)21(34)8-7-19(17)30-20/h7-8,10-13,30,34H,6,9,14H2,1-5H3,(H2,29,31,32,36). The second kappa shape index (κ2) is 9.53. The smallest absolute Gasteiger partial charge is 0.324 e. The third-order valence-corrected chi connectivity index (χ3v) is 6.39. The minimum Gasteiger partial charge on any atom is -0.508 e. The van der Waals surface area contributed by atoms with Gasteiger partial charge in [-0.3, -0.25) is 10.1 Å². The van der Waals surface area contributed by atoms with E-state index >= 15 is 0 Å². The molecule has 0 bridgehead atoms. The summed E-state index contributed by atoms with van der Waals surface area (Å²) in [5.74, 6) is 1.80. The number of rotatable bonds is 6. The van der Waals surface area contributed by atoms with E-state index in [1.54, 1.807) is 36.4 Å². The van der Waals surface area contributed by atoms with E-state index in [1.165, 1.54) is 0 Å². The van der Waals surface area contributed by atoms with Crippen LogP contribution in [0.2, 0.25) is 0 Å². The number of nitrogens with zero attached hydrogens (tertiary/aromatic N) is 2. The molecule has 0 aliphatic heterocycles. The van der Waals surface area contributed by atoms with Crippen LogP contribution in [0.1, 0.15) is 66.1 Å². The fraction of sp³-hybridized carbons (Fsp3) is 0.321. The Bertz CT molecular complexity index is 1560. The molecule has 0 saturated carbocycles. The number of aromatic hydroxyl groups is 1. The number of benzene rings is 1. The molecule has 0 fully saturated rings. The van der Waals surface area contributed by atoms with Crippen LogP contribution in [0.5, 0.6) is 5.75 Å². The highest BCUT2D eigenvalue weighted by atomic mass is 16.5. The lowest BCUT2D eigenvalue weighted by atomic mass is 9.93. The Morgan fingerprint density at radius 1 is 1.13 bits per heavy atom. The number of amides is 2. The molecule has 0 saturated heterocycles. The maximum Gasteiger partial charge on any atom is 0.324 e. The Morgan fingerprint density at radius 2 is 1.92 bits per heavy atom. The average Bonchev–Trinajstić information content (AvgIpc) is 3.57. The number of carbonyl (C=O) groups is 2. The number of phenols is 1. The normalized spacial score (nSPS) is 13.5. The van der Waals surface area contributed by atoms with Crippen LogP contribution in [0.25, 0.3) is 17.0 Å². The van der Waals surface area contributed by atoms with Crippen molar-refractivity contribution in [3.63, 3.8) is 0 Å². The van der Waals surface area contributed by atoms with Crippen LogP contribution in [-0.4, -0.2) is 46.1 Å². The van der Waals surface area contributed by atoms with E-state index in [-0.39, 0.29) is 22.7 Å². The molecule has 0 atom stereocenters. The van der Waals surface area contributed by atoms with Gasteiger partial charge >= 0.3 is 6.03 Å². The molecule has 1 aliphatic carbocycles. The maximum atomic E-state index is 13.3. The first kappa shape index (κ1) is 25.3. The molecule has 1 aliphatic rings. The van der Waals surface area contributed by atoms with Gasteiger partial charge in [0.15, 0.2) is 11.6 Å². The molecule has 198 valence electrons. The number of ketones is 1. The quantitative estimate of drug-likeness (QED) is 0.260. The Kier molecular flexibility index (Phi) is 6.36. The number of carbonyl (C=O) groups excluding carboxylic acids is 2. The Labute approximate surface area is 219 Å². The summed E-state index contributed by atoms with van der Waals surface area (Å²) in [7, 11) is 3.84. The SMILES string of the molecule is CN(C)Cc1c(O)ccc2[nH]c(C(=O)c3cc4c(o3)CCC(NC(=O)Nc3cc(C(C)(C)C)on3)=C4)cc12. The maximum absolute atomic E-state index is 13.3. The summed E-state index contributed by atoms with van der Waals surface area (Å²) in [5, 5.41) is 20.6. The fourth-order valence-electron chi connectivity index (χ4n) is 4.45. The van der Waals surface area contributed by atoms with E-state index in [1.807, 2.05) is 39.8 Å². The number of hydrogen-bond acceptors (Lipinski definition) is 7. The summed E-state index contributed by atoms with van der Waals surface area (Å²) >= 11 is 0. The number of anilines is 1. The summed E-state index contributed by atoms with van der Waals surface area (Å²) in [5.41, 5.74) is 3.11. The van der Waals surface area contributed by atoms with Gasteiger partial charge in [-0.05, 0) is 50.9 Å². The number of nitrogens with one attached hydrogen (secondary N) is 3. The number of aromatic amines is 1. The zero-order valence-corrected chi connectivity index (χ0v) is 22.1. The molecule has 3 aromatic heterocycles. The van der Waals surface area contributed by atoms with Crippen molar-refractivity contribution >= 4 is 34.6 Å². The summed E-state index contributed by atoms with van der Waals surface area (Å²) in [4.78, 5) is 30.9. The van der Waals surface area contributed by atoms with E-state index in [2.05, 4.69) is 20.8 Å². The number of furan rings is 1. The van der Waals surface area contributed by atoms with E-state index in [4.69, 9.17) is 8.94 Å². The lowest BCUT2D eigenvalue weighted by Crippen LogP contribution is -2.29. The number of urea groups is 1. The summed E-state index contributed by atoms with van der Waals surface area (Å²) in [6, 6.07) is 8.09. The summed E-state index contributed by atoms with van der Waals surface area (Å²) in [6.45, 7) is 6.53. The number of aromatic nitrogens is 2. The van der Waals surface area contributed by atoms with Crippen LogP contribution < -0.4 is 10.6 Å². The van der Waals surface area contributed by atoms with E-state index < -0.39 is 6.03 Å². The highest BCUT2D eigenvalue weighted by Gasteiger charge is 2.24. The van der Waals surface area contributed by atoms with Gasteiger partial charge in [-0.15, -0.1) is 0 Å². The van der Waals surface area contributed by atoms with Gasteiger partial charge in [0.2, 0.25) is 5.78 Å². The van der Waals surface area contributed by atoms with Crippen LogP contribution in [-0.2, 0) is 18.4 Å². The molecule has 10 heteroatoms. The summed E-state index contributed by atoms with van der Waals surface area (Å²) < 4.78 is 11.2. The molecule has 38 heavy (non-hydrogen) atoms. The molecule has 10 nitrogen and oxygen atoms in total. The van der Waals surface area contributed by atoms with E-state index in [9.17, 15) is 14.7 Å². The zero-order chi connectivity index (χ0) is 27.2. The van der Waals surface area contributed by atoms with Crippen molar-refractivity contribution in [3.05, 3.63) is 70.1 Å². The number of phenolic OH excluding ortho intramolecular Hbond substituents is 1. The van der Waals surface area contributed by atoms with E-state index in [0.29, 0.717) is 48.1 Å². The lowest BCUT2D eigenvalue weighted by molar-refractivity contribution is 0.100. The molecule has 1 aromatic carbocycles. The highest BCUT2D eigenvalue weighted by molar-refractivity contribution is 6.09. The van der Waals surface area contributed by atoms with Crippen LogP contribution >= 0.6 is 0 Å². The van der Waals surface area contributed by atoms with Crippen LogP contribution in [0.4, 0.5) is 10.6 Å². The van der Waals surface area contributed by atoms with Gasteiger partial charge < -0.3 is 29.2 Å². The minimum atomic E-state index is -0.428. The topological polar surface area (TPSA) is 137 Å². The van der Waals surface area contributed by atoms with Crippen molar-refractivity contribution in [2.75, 3.05) is 19.4 Å². The monoisotopic (exact) mass is 517 g/mol. The van der Waals surface area contributed by atoms with Crippen molar-refractivity contribution in [3.8, 4) is 5.75 Å². The molecular weight excluding hydrogens is 486 g/mol. The predicted molar refractivity (Wildman–Crippen MR) is 143 cm³/mol. The first-order valence-electron chi connectivity index (χ1n) is 12.4. The molecule has 3 heterocycles. The second-order valence-corrected chi connectivity index (χ2v) is 10.8. The zero-order valence-electron chi connectivity index (χ0n) is 22.1. The summed E-state index contributed by atoms with van der Waals surface area (Å²) in [6.07, 6.45) is 2.90. The number of allylic oxidation sites excluding steroid dienone is 1. The van der Waals surface area contributed by atoms with Gasteiger partial charge in [-0.2, -0.15) is 0 Å². The lowest BCUT2D eigenvalue weighted by Gasteiger charge is -2.13. The van der Waals surface area contributed by atoms with Gasteiger partial charge in [0.1, 0.15) is 17.3 Å². The van der Waals surface area contributed by atoms with Crippen molar-refractivity contribution in [1.29, 1.82) is 0 Å². The molecule has 0 radical (unpaired) electrons. The minimum absolute atomic E-state index is 0.185. The average molecular weight is 518 g/mol. The van der Waals surface area contributed by atoms with Crippen molar-refractivity contribution < 1.29 is 23.6 Å². The van der Waals surface area contributed by atoms with Gasteiger partial charge in [0.05, 0.1) is 5.69 Å².